The molecule has 4 aromatic rings. The fourth-order valence-electron chi connectivity index (χ4n) is 5.79. The molecule has 0 N–H and O–H groups in total. The van der Waals surface area contributed by atoms with Crippen LogP contribution < -0.4 is 0 Å². The summed E-state index contributed by atoms with van der Waals surface area (Å²) in [5, 5.41) is 0. The minimum Gasteiger partial charge on any atom is -0.0619 e. The summed E-state index contributed by atoms with van der Waals surface area (Å²) in [6, 6.07) is 31.7. The monoisotopic (exact) mass is 450 g/mol. The summed E-state index contributed by atoms with van der Waals surface area (Å²) in [7, 11) is 0. The maximum absolute atomic E-state index is 3.78. The van der Waals surface area contributed by atoms with Gasteiger partial charge >= 0.3 is 0 Å². The zero-order chi connectivity index (χ0) is 20.7. The van der Waals surface area contributed by atoms with Crippen molar-refractivity contribution in [1.82, 2.24) is 0 Å². The van der Waals surface area contributed by atoms with E-state index < -0.39 is 0 Å². The lowest BCUT2D eigenvalue weighted by Gasteiger charge is -2.31. The molecule has 0 fully saturated rings. The molecular formula is C29H23Br. The highest BCUT2D eigenvalue weighted by Crippen LogP contribution is 2.63. The van der Waals surface area contributed by atoms with Crippen molar-refractivity contribution in [1.29, 1.82) is 0 Å². The van der Waals surface area contributed by atoms with Crippen molar-refractivity contribution in [2.24, 2.45) is 0 Å². The molecule has 0 amide bonds. The van der Waals surface area contributed by atoms with Crippen molar-refractivity contribution in [3.8, 4) is 22.3 Å². The van der Waals surface area contributed by atoms with Crippen molar-refractivity contribution in [3.05, 3.63) is 117 Å². The molecule has 1 spiro atoms. The third-order valence-electron chi connectivity index (χ3n) is 6.88. The fraction of sp³-hybridized carbons (Fsp3) is 0.172. The number of rotatable bonds is 0. The smallest absolute Gasteiger partial charge is 0.0619 e. The second-order valence-electron chi connectivity index (χ2n) is 9.51. The number of benzene rings is 4. The largest absolute Gasteiger partial charge is 0.0726 e. The second kappa shape index (κ2) is 5.95. The molecule has 0 nitrogen and oxygen atoms in total. The average Bonchev–Trinajstić information content (AvgIpc) is 3.20. The van der Waals surface area contributed by atoms with E-state index in [1.807, 2.05) is 0 Å². The molecule has 2 aliphatic rings. The van der Waals surface area contributed by atoms with Crippen molar-refractivity contribution < 1.29 is 0 Å². The minimum absolute atomic E-state index is 0.0683. The predicted molar refractivity (Wildman–Crippen MR) is 129 cm³/mol. The molecule has 0 unspecified atom stereocenters. The summed E-state index contributed by atoms with van der Waals surface area (Å²) in [5.74, 6) is 0. The second-order valence-corrected chi connectivity index (χ2v) is 10.4. The molecule has 0 saturated heterocycles. The molecule has 0 heterocycles. The molecule has 0 saturated carbocycles. The van der Waals surface area contributed by atoms with Crippen LogP contribution in [0, 0.1) is 0 Å². The van der Waals surface area contributed by atoms with Gasteiger partial charge in [-0.3, -0.25) is 0 Å². The SMILES string of the molecule is CC(C)(C)c1cccc2c1-c1ccc(Br)cc1C21c2ccccc2-c2ccccc21. The Morgan fingerprint density at radius 3 is 1.83 bits per heavy atom. The van der Waals surface area contributed by atoms with Crippen LogP contribution in [0.5, 0.6) is 0 Å². The lowest BCUT2D eigenvalue weighted by atomic mass is 9.70. The third kappa shape index (κ3) is 2.11. The first-order valence-corrected chi connectivity index (χ1v) is 11.4. The van der Waals surface area contributed by atoms with Crippen LogP contribution in [-0.2, 0) is 10.8 Å². The van der Waals surface area contributed by atoms with Gasteiger partial charge in [0.05, 0.1) is 5.41 Å². The van der Waals surface area contributed by atoms with E-state index in [0.717, 1.165) is 4.47 Å². The first kappa shape index (κ1) is 18.2. The molecule has 0 radical (unpaired) electrons. The van der Waals surface area contributed by atoms with Gasteiger partial charge in [-0.15, -0.1) is 0 Å². The Morgan fingerprint density at radius 1 is 0.600 bits per heavy atom. The third-order valence-corrected chi connectivity index (χ3v) is 7.38. The summed E-state index contributed by atoms with van der Waals surface area (Å²) >= 11 is 3.78. The highest BCUT2D eigenvalue weighted by atomic mass is 79.9. The summed E-state index contributed by atoms with van der Waals surface area (Å²) in [5.41, 5.74) is 12.3. The van der Waals surface area contributed by atoms with Crippen molar-refractivity contribution in [2.45, 2.75) is 31.6 Å². The maximum Gasteiger partial charge on any atom is 0.0726 e. The van der Waals surface area contributed by atoms with E-state index in [1.54, 1.807) is 0 Å². The van der Waals surface area contributed by atoms with E-state index >= 15 is 0 Å². The van der Waals surface area contributed by atoms with Crippen LogP contribution in [0.25, 0.3) is 22.3 Å². The number of halogens is 1. The molecule has 0 bridgehead atoms. The van der Waals surface area contributed by atoms with Crippen LogP contribution in [0.2, 0.25) is 0 Å². The Bertz CT molecular complexity index is 1290. The normalized spacial score (nSPS) is 14.9. The van der Waals surface area contributed by atoms with Crippen LogP contribution in [0.3, 0.4) is 0 Å². The number of hydrogen-bond acceptors (Lipinski definition) is 0. The van der Waals surface area contributed by atoms with E-state index in [4.69, 9.17) is 0 Å². The van der Waals surface area contributed by atoms with Gasteiger partial charge in [0.25, 0.3) is 0 Å². The van der Waals surface area contributed by atoms with Gasteiger partial charge in [0.15, 0.2) is 0 Å². The summed E-state index contributed by atoms with van der Waals surface area (Å²) in [6.45, 7) is 6.97. The molecule has 30 heavy (non-hydrogen) atoms. The van der Waals surface area contributed by atoms with Crippen LogP contribution in [0.4, 0.5) is 0 Å². The Morgan fingerprint density at radius 2 is 1.20 bits per heavy atom. The highest BCUT2D eigenvalue weighted by Gasteiger charge is 2.52. The van der Waals surface area contributed by atoms with Gasteiger partial charge in [-0.1, -0.05) is 109 Å². The summed E-state index contributed by atoms with van der Waals surface area (Å²) < 4.78 is 1.13. The molecule has 0 atom stereocenters. The van der Waals surface area contributed by atoms with E-state index in [-0.39, 0.29) is 10.8 Å². The zero-order valence-electron chi connectivity index (χ0n) is 17.5. The van der Waals surface area contributed by atoms with Gasteiger partial charge in [0.1, 0.15) is 0 Å². The van der Waals surface area contributed by atoms with Crippen LogP contribution in [0.1, 0.15) is 48.6 Å². The van der Waals surface area contributed by atoms with Crippen LogP contribution in [-0.4, -0.2) is 0 Å². The van der Waals surface area contributed by atoms with Crippen LogP contribution >= 0.6 is 15.9 Å². The lowest BCUT2D eigenvalue weighted by Crippen LogP contribution is -2.26. The van der Waals surface area contributed by atoms with Crippen LogP contribution in [0.15, 0.2) is 89.4 Å². The van der Waals surface area contributed by atoms with Gasteiger partial charge in [-0.2, -0.15) is 0 Å². The zero-order valence-corrected chi connectivity index (χ0v) is 19.0. The average molecular weight is 451 g/mol. The Hall–Kier alpha value is -2.64. The van der Waals surface area contributed by atoms with Crippen molar-refractivity contribution in [3.63, 3.8) is 0 Å². The number of hydrogen-bond donors (Lipinski definition) is 0. The minimum atomic E-state index is -0.261. The number of fused-ring (bicyclic) bond motifs is 10. The Labute approximate surface area is 186 Å². The van der Waals surface area contributed by atoms with E-state index in [0.29, 0.717) is 0 Å². The van der Waals surface area contributed by atoms with E-state index in [1.165, 1.54) is 50.1 Å². The first-order valence-electron chi connectivity index (χ1n) is 10.6. The Kier molecular flexibility index (Phi) is 3.60. The van der Waals surface area contributed by atoms with Gasteiger partial charge in [-0.25, -0.2) is 0 Å². The molecule has 6 rings (SSSR count). The standard InChI is InChI=1S/C29H23Br/c1-28(2,3)24-13-8-14-25-27(24)21-16-15-18(30)17-26(21)29(25)22-11-6-4-9-19(22)20-10-5-7-12-23(20)29/h4-17H,1-3H3. The lowest BCUT2D eigenvalue weighted by molar-refractivity contribution is 0.591. The molecule has 0 aliphatic heterocycles. The molecule has 146 valence electrons. The molecule has 4 aromatic carbocycles. The summed E-state index contributed by atoms with van der Waals surface area (Å²) in [4.78, 5) is 0. The van der Waals surface area contributed by atoms with Gasteiger partial charge in [0, 0.05) is 4.47 Å². The topological polar surface area (TPSA) is 0 Å². The molecule has 0 aromatic heterocycles. The van der Waals surface area contributed by atoms with E-state index in [2.05, 4.69) is 122 Å². The molecule has 2 aliphatic carbocycles. The highest BCUT2D eigenvalue weighted by molar-refractivity contribution is 9.10. The summed E-state index contributed by atoms with van der Waals surface area (Å²) in [6.07, 6.45) is 0. The maximum atomic E-state index is 3.78. The van der Waals surface area contributed by atoms with E-state index in [9.17, 15) is 0 Å². The molecular weight excluding hydrogens is 428 g/mol. The molecule has 1 heteroatoms. The van der Waals surface area contributed by atoms with Gasteiger partial charge in [-0.05, 0) is 67.6 Å². The van der Waals surface area contributed by atoms with Gasteiger partial charge in [0.2, 0.25) is 0 Å². The predicted octanol–water partition coefficient (Wildman–Crippen LogP) is 8.09. The first-order chi connectivity index (χ1) is 14.4. The van der Waals surface area contributed by atoms with Crippen molar-refractivity contribution in [2.75, 3.05) is 0 Å². The fourth-order valence-corrected chi connectivity index (χ4v) is 6.15. The Balaban J connectivity index is 1.86. The van der Waals surface area contributed by atoms with Gasteiger partial charge < -0.3 is 0 Å². The quantitative estimate of drug-likeness (QED) is 0.219. The van der Waals surface area contributed by atoms with Crippen molar-refractivity contribution >= 4 is 15.9 Å².